The van der Waals surface area contributed by atoms with Crippen LogP contribution >= 0.6 is 39.3 Å². The minimum absolute atomic E-state index is 0.308. The summed E-state index contributed by atoms with van der Waals surface area (Å²) in [5.74, 6) is 0. The Morgan fingerprint density at radius 3 is 2.80 bits per heavy atom. The second-order valence-corrected chi connectivity index (χ2v) is 6.79. The van der Waals surface area contributed by atoms with Crippen LogP contribution in [0.1, 0.15) is 25.5 Å². The smallest absolute Gasteiger partial charge is 0.101 e. The van der Waals surface area contributed by atoms with Gasteiger partial charge in [0.05, 0.1) is 5.02 Å². The number of benzene rings is 1. The average molecular weight is 372 g/mol. The van der Waals surface area contributed by atoms with E-state index in [9.17, 15) is 0 Å². The van der Waals surface area contributed by atoms with E-state index >= 15 is 0 Å². The van der Waals surface area contributed by atoms with Gasteiger partial charge in [0.25, 0.3) is 0 Å². The lowest BCUT2D eigenvalue weighted by molar-refractivity contribution is 0.589. The number of halogens is 2. The predicted octanol–water partition coefficient (Wildman–Crippen LogP) is 5.32. The van der Waals surface area contributed by atoms with E-state index in [-0.39, 0.29) is 0 Å². The lowest BCUT2D eigenvalue weighted by Gasteiger charge is -2.17. The third-order valence-electron chi connectivity index (χ3n) is 2.87. The molecular weight excluding hydrogens is 356 g/mol. The molecule has 2 nitrogen and oxygen atoms in total. The predicted molar refractivity (Wildman–Crippen MR) is 89.6 cm³/mol. The fourth-order valence-corrected chi connectivity index (χ4v) is 3.55. The van der Waals surface area contributed by atoms with Crippen LogP contribution in [0.25, 0.3) is 0 Å². The molecule has 1 atom stereocenters. The SMILES string of the molecule is CCNC(C)c1ccc(Br)cc1Sc1ccc(Cl)cn1. The lowest BCUT2D eigenvalue weighted by atomic mass is 10.1. The number of hydrogen-bond donors (Lipinski definition) is 1. The molecule has 0 aliphatic carbocycles. The Morgan fingerprint density at radius 2 is 2.15 bits per heavy atom. The van der Waals surface area contributed by atoms with Crippen molar-refractivity contribution in [2.24, 2.45) is 0 Å². The van der Waals surface area contributed by atoms with Crippen LogP contribution in [0.4, 0.5) is 0 Å². The molecule has 5 heteroatoms. The minimum atomic E-state index is 0.308. The van der Waals surface area contributed by atoms with Gasteiger partial charge in [0.2, 0.25) is 0 Å². The van der Waals surface area contributed by atoms with E-state index in [0.717, 1.165) is 16.0 Å². The van der Waals surface area contributed by atoms with Crippen molar-refractivity contribution in [2.75, 3.05) is 6.54 Å². The highest BCUT2D eigenvalue weighted by atomic mass is 79.9. The largest absolute Gasteiger partial charge is 0.310 e. The average Bonchev–Trinajstić information content (AvgIpc) is 2.42. The lowest BCUT2D eigenvalue weighted by Crippen LogP contribution is -2.18. The Bertz CT molecular complexity index is 575. The van der Waals surface area contributed by atoms with Crippen molar-refractivity contribution in [3.63, 3.8) is 0 Å². The van der Waals surface area contributed by atoms with E-state index in [1.54, 1.807) is 18.0 Å². The number of rotatable bonds is 5. The third kappa shape index (κ3) is 4.22. The summed E-state index contributed by atoms with van der Waals surface area (Å²) in [7, 11) is 0. The molecule has 1 aromatic carbocycles. The van der Waals surface area contributed by atoms with Crippen molar-refractivity contribution in [1.29, 1.82) is 0 Å². The summed E-state index contributed by atoms with van der Waals surface area (Å²) in [6.07, 6.45) is 1.68. The van der Waals surface area contributed by atoms with Crippen LogP contribution in [0, 0.1) is 0 Å². The maximum atomic E-state index is 5.87. The summed E-state index contributed by atoms with van der Waals surface area (Å²) in [4.78, 5) is 5.54. The van der Waals surface area contributed by atoms with Crippen molar-refractivity contribution < 1.29 is 0 Å². The van der Waals surface area contributed by atoms with Crippen LogP contribution < -0.4 is 5.32 Å². The Balaban J connectivity index is 2.29. The van der Waals surface area contributed by atoms with Gasteiger partial charge in [-0.05, 0) is 43.3 Å². The molecule has 1 aromatic heterocycles. The number of pyridine rings is 1. The first-order valence-electron chi connectivity index (χ1n) is 6.42. The van der Waals surface area contributed by atoms with Crippen LogP contribution in [-0.2, 0) is 0 Å². The van der Waals surface area contributed by atoms with Crippen LogP contribution in [0.2, 0.25) is 5.02 Å². The van der Waals surface area contributed by atoms with Gasteiger partial charge in [0.1, 0.15) is 5.03 Å². The van der Waals surface area contributed by atoms with Gasteiger partial charge < -0.3 is 5.32 Å². The molecule has 1 heterocycles. The molecule has 0 amide bonds. The summed E-state index contributed by atoms with van der Waals surface area (Å²) in [6.45, 7) is 5.23. The molecule has 0 saturated carbocycles. The molecule has 2 rings (SSSR count). The molecule has 1 N–H and O–H groups in total. The molecule has 0 fully saturated rings. The van der Waals surface area contributed by atoms with Crippen molar-refractivity contribution >= 4 is 39.3 Å². The van der Waals surface area contributed by atoms with Gasteiger partial charge in [0, 0.05) is 21.6 Å². The zero-order valence-corrected chi connectivity index (χ0v) is 14.5. The highest BCUT2D eigenvalue weighted by Crippen LogP contribution is 2.34. The Morgan fingerprint density at radius 1 is 1.35 bits per heavy atom. The summed E-state index contributed by atoms with van der Waals surface area (Å²) in [5.41, 5.74) is 1.27. The normalized spacial score (nSPS) is 12.4. The summed E-state index contributed by atoms with van der Waals surface area (Å²) in [5, 5.41) is 5.05. The Hall–Kier alpha value is -0.550. The second-order valence-electron chi connectivity index (χ2n) is 4.38. The molecule has 2 aromatic rings. The number of nitrogens with zero attached hydrogens (tertiary/aromatic N) is 1. The summed E-state index contributed by atoms with van der Waals surface area (Å²) < 4.78 is 1.07. The highest BCUT2D eigenvalue weighted by Gasteiger charge is 2.12. The van der Waals surface area contributed by atoms with Gasteiger partial charge in [-0.3, -0.25) is 0 Å². The van der Waals surface area contributed by atoms with Gasteiger partial charge in [-0.25, -0.2) is 4.98 Å². The van der Waals surface area contributed by atoms with Gasteiger partial charge in [-0.2, -0.15) is 0 Å². The minimum Gasteiger partial charge on any atom is -0.310 e. The van der Waals surface area contributed by atoms with E-state index in [1.807, 2.05) is 12.1 Å². The molecule has 0 aliphatic heterocycles. The van der Waals surface area contributed by atoms with Gasteiger partial charge in [-0.15, -0.1) is 0 Å². The van der Waals surface area contributed by atoms with Crippen molar-refractivity contribution in [1.82, 2.24) is 10.3 Å². The summed E-state index contributed by atoms with van der Waals surface area (Å²) in [6, 6.07) is 10.5. The topological polar surface area (TPSA) is 24.9 Å². The molecule has 0 aliphatic rings. The maximum Gasteiger partial charge on any atom is 0.101 e. The monoisotopic (exact) mass is 370 g/mol. The first-order chi connectivity index (χ1) is 9.60. The quantitative estimate of drug-likeness (QED) is 0.770. The first kappa shape index (κ1) is 15.8. The summed E-state index contributed by atoms with van der Waals surface area (Å²) >= 11 is 11.1. The fraction of sp³-hybridized carbons (Fsp3) is 0.267. The fourth-order valence-electron chi connectivity index (χ4n) is 1.91. The van der Waals surface area contributed by atoms with Crippen molar-refractivity contribution in [2.45, 2.75) is 29.8 Å². The van der Waals surface area contributed by atoms with Crippen LogP contribution in [-0.4, -0.2) is 11.5 Å². The molecule has 0 saturated heterocycles. The Labute approximate surface area is 137 Å². The standard InChI is InChI=1S/C15H16BrClN2S/c1-3-18-10(2)13-6-4-11(16)8-14(13)20-15-7-5-12(17)9-19-15/h4-10,18H,3H2,1-2H3. The van der Waals surface area contributed by atoms with Crippen LogP contribution in [0.3, 0.4) is 0 Å². The highest BCUT2D eigenvalue weighted by molar-refractivity contribution is 9.10. The zero-order valence-electron chi connectivity index (χ0n) is 11.4. The molecular formula is C15H16BrClN2S. The first-order valence-corrected chi connectivity index (χ1v) is 8.41. The van der Waals surface area contributed by atoms with Crippen LogP contribution in [0.15, 0.2) is 50.9 Å². The van der Waals surface area contributed by atoms with E-state index in [1.165, 1.54) is 10.5 Å². The van der Waals surface area contributed by atoms with E-state index in [2.05, 4.69) is 58.3 Å². The van der Waals surface area contributed by atoms with Crippen LogP contribution in [0.5, 0.6) is 0 Å². The molecule has 106 valence electrons. The van der Waals surface area contributed by atoms with Gasteiger partial charge in [0.15, 0.2) is 0 Å². The number of hydrogen-bond acceptors (Lipinski definition) is 3. The van der Waals surface area contributed by atoms with Crippen molar-refractivity contribution in [3.8, 4) is 0 Å². The molecule has 0 bridgehead atoms. The third-order valence-corrected chi connectivity index (χ3v) is 4.61. The number of nitrogens with one attached hydrogen (secondary N) is 1. The van der Waals surface area contributed by atoms with Gasteiger partial charge in [-0.1, -0.05) is 52.3 Å². The second kappa shape index (κ2) is 7.46. The molecule has 20 heavy (non-hydrogen) atoms. The number of aromatic nitrogens is 1. The Kier molecular flexibility index (Phi) is 5.90. The zero-order chi connectivity index (χ0) is 14.5. The molecule has 0 spiro atoms. The van der Waals surface area contributed by atoms with E-state index in [0.29, 0.717) is 11.1 Å². The van der Waals surface area contributed by atoms with E-state index < -0.39 is 0 Å². The maximum absolute atomic E-state index is 5.87. The van der Waals surface area contributed by atoms with Crippen molar-refractivity contribution in [3.05, 3.63) is 51.6 Å². The molecule has 1 unspecified atom stereocenters. The molecule has 0 radical (unpaired) electrons. The van der Waals surface area contributed by atoms with E-state index in [4.69, 9.17) is 11.6 Å². The van der Waals surface area contributed by atoms with Gasteiger partial charge >= 0.3 is 0 Å².